The molecule has 0 aliphatic rings. The van der Waals surface area contributed by atoms with Crippen molar-refractivity contribution in [2.75, 3.05) is 7.11 Å². The lowest BCUT2D eigenvalue weighted by Gasteiger charge is -2.09. The molecule has 2 aromatic rings. The first-order chi connectivity index (χ1) is 7.56. The molecule has 0 saturated carbocycles. The van der Waals surface area contributed by atoms with Crippen LogP contribution in [0.4, 0.5) is 0 Å². The van der Waals surface area contributed by atoms with Gasteiger partial charge in [-0.25, -0.2) is 0 Å². The van der Waals surface area contributed by atoms with Crippen molar-refractivity contribution in [2.45, 2.75) is 11.8 Å². The molecule has 0 N–H and O–H groups in total. The Labute approximate surface area is 94.8 Å². The van der Waals surface area contributed by atoms with E-state index in [2.05, 4.69) is 4.18 Å². The lowest BCUT2D eigenvalue weighted by molar-refractivity contribution is 0.398. The highest BCUT2D eigenvalue weighted by molar-refractivity contribution is 7.87. The first-order valence-electron chi connectivity index (χ1n) is 4.85. The summed E-state index contributed by atoms with van der Waals surface area (Å²) >= 11 is 0. The summed E-state index contributed by atoms with van der Waals surface area (Å²) in [6.45, 7) is 1.76. The minimum atomic E-state index is -3.66. The van der Waals surface area contributed by atoms with Crippen molar-refractivity contribution in [2.24, 2.45) is 0 Å². The second-order valence-electron chi connectivity index (χ2n) is 3.55. The van der Waals surface area contributed by atoms with Gasteiger partial charge in [-0.2, -0.15) is 8.42 Å². The topological polar surface area (TPSA) is 43.4 Å². The van der Waals surface area contributed by atoms with Crippen molar-refractivity contribution in [1.29, 1.82) is 0 Å². The highest BCUT2D eigenvalue weighted by Crippen LogP contribution is 2.27. The molecule has 2 aromatic carbocycles. The third-order valence-corrected chi connectivity index (χ3v) is 4.03. The molecule has 3 nitrogen and oxygen atoms in total. The predicted molar refractivity (Wildman–Crippen MR) is 62.9 cm³/mol. The third-order valence-electron chi connectivity index (χ3n) is 2.55. The number of aryl methyl sites for hydroxylation is 1. The second-order valence-corrected chi connectivity index (χ2v) is 5.20. The molecule has 0 radical (unpaired) electrons. The number of hydrogen-bond donors (Lipinski definition) is 0. The molecule has 0 amide bonds. The van der Waals surface area contributed by atoms with Gasteiger partial charge in [0.1, 0.15) is 4.90 Å². The quantitative estimate of drug-likeness (QED) is 0.752. The molecule has 0 spiro atoms. The van der Waals surface area contributed by atoms with E-state index >= 15 is 0 Å². The zero-order chi connectivity index (χ0) is 11.8. The van der Waals surface area contributed by atoms with E-state index in [0.717, 1.165) is 5.39 Å². The average Bonchev–Trinajstić information content (AvgIpc) is 2.28. The Hall–Kier alpha value is -1.39. The number of fused-ring (bicyclic) bond motifs is 1. The van der Waals surface area contributed by atoms with Gasteiger partial charge in [0.15, 0.2) is 0 Å². The lowest BCUT2D eigenvalue weighted by Crippen LogP contribution is -2.05. The van der Waals surface area contributed by atoms with Gasteiger partial charge in [0.2, 0.25) is 0 Å². The fourth-order valence-electron chi connectivity index (χ4n) is 1.77. The molecule has 84 valence electrons. The third kappa shape index (κ3) is 1.70. The molecule has 0 fully saturated rings. The maximum Gasteiger partial charge on any atom is 0.297 e. The highest BCUT2D eigenvalue weighted by atomic mass is 32.2. The maximum atomic E-state index is 11.8. The Bertz CT molecular complexity index is 630. The van der Waals surface area contributed by atoms with Crippen LogP contribution in [0.2, 0.25) is 0 Å². The van der Waals surface area contributed by atoms with Gasteiger partial charge in [0, 0.05) is 5.39 Å². The van der Waals surface area contributed by atoms with Gasteiger partial charge < -0.3 is 0 Å². The molecule has 0 aromatic heterocycles. The lowest BCUT2D eigenvalue weighted by atomic mass is 10.1. The smallest absolute Gasteiger partial charge is 0.270 e. The summed E-state index contributed by atoms with van der Waals surface area (Å²) in [5, 5.41) is 1.59. The highest BCUT2D eigenvalue weighted by Gasteiger charge is 2.19. The summed E-state index contributed by atoms with van der Waals surface area (Å²) in [6, 6.07) is 11.0. The normalized spacial score (nSPS) is 11.9. The van der Waals surface area contributed by atoms with E-state index in [-0.39, 0.29) is 4.90 Å². The van der Waals surface area contributed by atoms with Gasteiger partial charge in [0.25, 0.3) is 10.1 Å². The van der Waals surface area contributed by atoms with Gasteiger partial charge in [-0.05, 0) is 17.9 Å². The average molecular weight is 236 g/mol. The Balaban J connectivity index is 2.92. The van der Waals surface area contributed by atoms with E-state index in [1.54, 1.807) is 19.1 Å². The molecule has 0 heterocycles. The molecule has 2 rings (SSSR count). The van der Waals surface area contributed by atoms with Crippen molar-refractivity contribution in [1.82, 2.24) is 0 Å². The summed E-state index contributed by atoms with van der Waals surface area (Å²) in [7, 11) is -2.48. The molecular weight excluding hydrogens is 224 g/mol. The number of hydrogen-bond acceptors (Lipinski definition) is 3. The number of rotatable bonds is 2. The molecule has 0 saturated heterocycles. The Kier molecular flexibility index (Phi) is 2.69. The van der Waals surface area contributed by atoms with Crippen molar-refractivity contribution >= 4 is 20.9 Å². The summed E-state index contributed by atoms with van der Waals surface area (Å²) in [4.78, 5) is 0.258. The predicted octanol–water partition coefficient (Wildman–Crippen LogP) is 2.48. The van der Waals surface area contributed by atoms with Crippen LogP contribution >= 0.6 is 0 Å². The molecule has 0 aliphatic carbocycles. The first kappa shape index (κ1) is 11.1. The molecule has 0 bridgehead atoms. The minimum absolute atomic E-state index is 0.258. The van der Waals surface area contributed by atoms with Crippen molar-refractivity contribution < 1.29 is 12.6 Å². The van der Waals surface area contributed by atoms with E-state index in [9.17, 15) is 8.42 Å². The second kappa shape index (κ2) is 3.88. The molecule has 4 heteroatoms. The van der Waals surface area contributed by atoms with E-state index < -0.39 is 10.1 Å². The largest absolute Gasteiger partial charge is 0.297 e. The van der Waals surface area contributed by atoms with Gasteiger partial charge in [-0.15, -0.1) is 0 Å². The fraction of sp³-hybridized carbons (Fsp3) is 0.167. The summed E-state index contributed by atoms with van der Waals surface area (Å²) < 4.78 is 28.2. The van der Waals surface area contributed by atoms with Crippen molar-refractivity contribution in [3.05, 3.63) is 42.0 Å². The van der Waals surface area contributed by atoms with Crippen LogP contribution in [0.3, 0.4) is 0 Å². The molecular formula is C12H12O3S. The Morgan fingerprint density at radius 1 is 1.06 bits per heavy atom. The number of benzene rings is 2. The van der Waals surface area contributed by atoms with Crippen LogP contribution in [-0.4, -0.2) is 15.5 Å². The Morgan fingerprint density at radius 3 is 2.44 bits per heavy atom. The van der Waals surface area contributed by atoms with E-state index in [0.29, 0.717) is 10.9 Å². The van der Waals surface area contributed by atoms with Gasteiger partial charge in [-0.3, -0.25) is 4.18 Å². The monoisotopic (exact) mass is 236 g/mol. The van der Waals surface area contributed by atoms with Crippen LogP contribution in [0.15, 0.2) is 41.3 Å². The van der Waals surface area contributed by atoms with Gasteiger partial charge >= 0.3 is 0 Å². The van der Waals surface area contributed by atoms with Crippen LogP contribution in [0, 0.1) is 6.92 Å². The molecule has 16 heavy (non-hydrogen) atoms. The first-order valence-corrected chi connectivity index (χ1v) is 6.26. The molecule has 0 aliphatic heterocycles. The van der Waals surface area contributed by atoms with Crippen LogP contribution in [-0.2, 0) is 14.3 Å². The summed E-state index contributed by atoms with van der Waals surface area (Å²) in [6.07, 6.45) is 0. The molecule has 0 unspecified atom stereocenters. The van der Waals surface area contributed by atoms with E-state index in [1.165, 1.54) is 7.11 Å². The zero-order valence-electron chi connectivity index (χ0n) is 9.10. The molecule has 0 atom stereocenters. The maximum absolute atomic E-state index is 11.8. The van der Waals surface area contributed by atoms with Crippen LogP contribution in [0.1, 0.15) is 5.56 Å². The Morgan fingerprint density at radius 2 is 1.75 bits per heavy atom. The zero-order valence-corrected chi connectivity index (χ0v) is 9.91. The standard InChI is InChI=1S/C12H12O3S/c1-9-7-8-10-5-3-4-6-11(10)12(9)16(13,14)15-2/h3-8H,1-2H3. The van der Waals surface area contributed by atoms with E-state index in [1.807, 2.05) is 24.3 Å². The SMILES string of the molecule is COS(=O)(=O)c1c(C)ccc2ccccc12. The fourth-order valence-corrected chi connectivity index (χ4v) is 2.85. The van der Waals surface area contributed by atoms with Gasteiger partial charge in [-0.1, -0.05) is 36.4 Å². The minimum Gasteiger partial charge on any atom is -0.270 e. The van der Waals surface area contributed by atoms with Crippen molar-refractivity contribution in [3.63, 3.8) is 0 Å². The van der Waals surface area contributed by atoms with Crippen LogP contribution in [0.5, 0.6) is 0 Å². The van der Waals surface area contributed by atoms with Crippen molar-refractivity contribution in [3.8, 4) is 0 Å². The van der Waals surface area contributed by atoms with Crippen LogP contribution in [0.25, 0.3) is 10.8 Å². The van der Waals surface area contributed by atoms with E-state index in [4.69, 9.17) is 0 Å². The van der Waals surface area contributed by atoms with Gasteiger partial charge in [0.05, 0.1) is 7.11 Å². The summed E-state index contributed by atoms with van der Waals surface area (Å²) in [5.41, 5.74) is 0.695. The van der Waals surface area contributed by atoms with Crippen LogP contribution < -0.4 is 0 Å². The summed E-state index contributed by atoms with van der Waals surface area (Å²) in [5.74, 6) is 0.